The Balaban J connectivity index is 1.34. The van der Waals surface area contributed by atoms with Crippen LogP contribution in [0.15, 0.2) is 91.1 Å². The molecule has 2 amide bonds. The SMILES string of the molecule is O=C(Nc1ccc(Oc2ccc(F)cc2)cc1)N1CCc2ncccc2[C@@H]1c1ccc(Cl)cc1. The van der Waals surface area contributed by atoms with Crippen molar-refractivity contribution in [3.63, 3.8) is 0 Å². The van der Waals surface area contributed by atoms with E-state index in [2.05, 4.69) is 10.3 Å². The van der Waals surface area contributed by atoms with Crippen LogP contribution in [-0.2, 0) is 6.42 Å². The average Bonchev–Trinajstić information content (AvgIpc) is 2.86. The minimum Gasteiger partial charge on any atom is -0.457 e. The number of nitrogens with one attached hydrogen (secondary N) is 1. The highest BCUT2D eigenvalue weighted by Crippen LogP contribution is 2.35. The van der Waals surface area contributed by atoms with Crippen LogP contribution in [0.3, 0.4) is 0 Å². The summed E-state index contributed by atoms with van der Waals surface area (Å²) in [5.41, 5.74) is 3.61. The molecule has 170 valence electrons. The summed E-state index contributed by atoms with van der Waals surface area (Å²) in [5.74, 6) is 0.796. The van der Waals surface area contributed by atoms with Crippen molar-refractivity contribution in [2.45, 2.75) is 12.5 Å². The third-order valence-corrected chi connectivity index (χ3v) is 5.97. The van der Waals surface area contributed by atoms with Gasteiger partial charge in [-0.2, -0.15) is 0 Å². The molecule has 1 N–H and O–H groups in total. The van der Waals surface area contributed by atoms with Gasteiger partial charge in [0.2, 0.25) is 0 Å². The first-order chi connectivity index (χ1) is 16.6. The van der Waals surface area contributed by atoms with Crippen LogP contribution < -0.4 is 10.1 Å². The number of aromatic nitrogens is 1. The molecule has 1 aliphatic rings. The van der Waals surface area contributed by atoms with Crippen molar-refractivity contribution in [2.75, 3.05) is 11.9 Å². The van der Waals surface area contributed by atoms with Gasteiger partial charge in [0.25, 0.3) is 0 Å². The van der Waals surface area contributed by atoms with Gasteiger partial charge in [0, 0.05) is 41.1 Å². The van der Waals surface area contributed by atoms with Crippen molar-refractivity contribution in [3.05, 3.63) is 119 Å². The second kappa shape index (κ2) is 9.53. The molecule has 4 aromatic rings. The molecular formula is C27H21ClFN3O2. The lowest BCUT2D eigenvalue weighted by Gasteiger charge is -2.37. The summed E-state index contributed by atoms with van der Waals surface area (Å²) in [7, 11) is 0. The molecule has 3 aromatic carbocycles. The van der Waals surface area contributed by atoms with Crippen molar-refractivity contribution in [2.24, 2.45) is 0 Å². The number of carbonyl (C=O) groups is 1. The predicted octanol–water partition coefficient (Wildman–Crippen LogP) is 6.85. The number of amides is 2. The lowest BCUT2D eigenvalue weighted by atomic mass is 9.91. The van der Waals surface area contributed by atoms with Crippen LogP contribution in [0.4, 0.5) is 14.9 Å². The number of halogens is 2. The van der Waals surface area contributed by atoms with E-state index >= 15 is 0 Å². The van der Waals surface area contributed by atoms with Crippen molar-refractivity contribution in [1.29, 1.82) is 0 Å². The molecule has 0 saturated carbocycles. The van der Waals surface area contributed by atoms with Crippen LogP contribution >= 0.6 is 11.6 Å². The molecule has 0 unspecified atom stereocenters. The Morgan fingerprint density at radius 3 is 2.35 bits per heavy atom. The minimum absolute atomic E-state index is 0.207. The van der Waals surface area contributed by atoms with E-state index in [9.17, 15) is 9.18 Å². The van der Waals surface area contributed by atoms with Crippen LogP contribution in [0.25, 0.3) is 0 Å². The zero-order valence-corrected chi connectivity index (χ0v) is 18.9. The number of benzene rings is 3. The van der Waals surface area contributed by atoms with Crippen molar-refractivity contribution in [3.8, 4) is 11.5 Å². The standard InChI is InChI=1S/C27H21ClFN3O2/c28-19-5-3-18(4-6-19)26-24-2-1-16-30-25(24)15-17-32(26)27(33)31-21-9-13-23(14-10-21)34-22-11-7-20(29)8-12-22/h1-14,16,26H,15,17H2,(H,31,33)/t26-/m0/s1. The van der Waals surface area contributed by atoms with Crippen LogP contribution in [0, 0.1) is 5.82 Å². The second-order valence-electron chi connectivity index (χ2n) is 7.95. The first-order valence-electron chi connectivity index (χ1n) is 10.9. The highest BCUT2D eigenvalue weighted by molar-refractivity contribution is 6.30. The Hall–Kier alpha value is -3.90. The van der Waals surface area contributed by atoms with Gasteiger partial charge in [-0.05, 0) is 72.3 Å². The summed E-state index contributed by atoms with van der Waals surface area (Å²) < 4.78 is 18.8. The molecule has 7 heteroatoms. The van der Waals surface area contributed by atoms with Gasteiger partial charge in [0.15, 0.2) is 0 Å². The van der Waals surface area contributed by atoms with E-state index in [0.29, 0.717) is 35.2 Å². The number of fused-ring (bicyclic) bond motifs is 1. The Bertz CT molecular complexity index is 1300. The van der Waals surface area contributed by atoms with Crippen molar-refractivity contribution >= 4 is 23.3 Å². The number of urea groups is 1. The van der Waals surface area contributed by atoms with E-state index < -0.39 is 0 Å². The van der Waals surface area contributed by atoms with Gasteiger partial charge >= 0.3 is 6.03 Å². The first kappa shape index (κ1) is 21.9. The molecule has 0 saturated heterocycles. The number of hydrogen-bond donors (Lipinski definition) is 1. The van der Waals surface area contributed by atoms with Gasteiger partial charge in [-0.25, -0.2) is 9.18 Å². The van der Waals surface area contributed by atoms with Crippen LogP contribution in [0.5, 0.6) is 11.5 Å². The monoisotopic (exact) mass is 473 g/mol. The molecule has 5 nitrogen and oxygen atoms in total. The summed E-state index contributed by atoms with van der Waals surface area (Å²) in [5, 5.41) is 3.63. The van der Waals surface area contributed by atoms with Gasteiger partial charge < -0.3 is 15.0 Å². The predicted molar refractivity (Wildman–Crippen MR) is 130 cm³/mol. The normalized spacial score (nSPS) is 14.9. The fraction of sp³-hybridized carbons (Fsp3) is 0.111. The first-order valence-corrected chi connectivity index (χ1v) is 11.2. The quantitative estimate of drug-likeness (QED) is 0.353. The Kier molecular flexibility index (Phi) is 6.14. The van der Waals surface area contributed by atoms with Crippen molar-refractivity contribution < 1.29 is 13.9 Å². The van der Waals surface area contributed by atoms with E-state index in [1.54, 1.807) is 42.6 Å². The molecule has 0 aliphatic carbocycles. The van der Waals surface area contributed by atoms with Gasteiger partial charge in [-0.3, -0.25) is 4.98 Å². The highest BCUT2D eigenvalue weighted by atomic mass is 35.5. The van der Waals surface area contributed by atoms with Gasteiger partial charge in [-0.1, -0.05) is 29.8 Å². The minimum atomic E-state index is -0.321. The number of rotatable bonds is 4. The highest BCUT2D eigenvalue weighted by Gasteiger charge is 2.32. The average molecular weight is 474 g/mol. The van der Waals surface area contributed by atoms with Gasteiger partial charge in [0.1, 0.15) is 17.3 Å². The van der Waals surface area contributed by atoms with E-state index in [4.69, 9.17) is 16.3 Å². The largest absolute Gasteiger partial charge is 0.457 e. The third-order valence-electron chi connectivity index (χ3n) is 5.72. The van der Waals surface area contributed by atoms with E-state index in [-0.39, 0.29) is 17.9 Å². The molecule has 0 fully saturated rings. The number of anilines is 1. The number of ether oxygens (including phenoxy) is 1. The van der Waals surface area contributed by atoms with Crippen LogP contribution in [-0.4, -0.2) is 22.5 Å². The molecule has 5 rings (SSSR count). The Morgan fingerprint density at radius 2 is 1.65 bits per heavy atom. The Morgan fingerprint density at radius 1 is 0.971 bits per heavy atom. The van der Waals surface area contributed by atoms with E-state index in [1.165, 1.54) is 12.1 Å². The topological polar surface area (TPSA) is 54.5 Å². The zero-order chi connectivity index (χ0) is 23.5. The maximum Gasteiger partial charge on any atom is 0.322 e. The molecule has 0 spiro atoms. The van der Waals surface area contributed by atoms with E-state index in [1.807, 2.05) is 41.3 Å². The molecule has 34 heavy (non-hydrogen) atoms. The maximum absolute atomic E-state index is 13.3. The molecule has 0 bridgehead atoms. The lowest BCUT2D eigenvalue weighted by Crippen LogP contribution is -2.43. The summed E-state index contributed by atoms with van der Waals surface area (Å²) in [4.78, 5) is 19.7. The fourth-order valence-electron chi connectivity index (χ4n) is 4.10. The summed E-state index contributed by atoms with van der Waals surface area (Å²) in [6, 6.07) is 23.8. The molecule has 1 aliphatic heterocycles. The summed E-state index contributed by atoms with van der Waals surface area (Å²) >= 11 is 6.10. The summed E-state index contributed by atoms with van der Waals surface area (Å²) in [6.45, 7) is 0.537. The number of nitrogens with zero attached hydrogens (tertiary/aromatic N) is 2. The smallest absolute Gasteiger partial charge is 0.322 e. The van der Waals surface area contributed by atoms with Gasteiger partial charge in [-0.15, -0.1) is 0 Å². The zero-order valence-electron chi connectivity index (χ0n) is 18.1. The molecule has 1 aromatic heterocycles. The summed E-state index contributed by atoms with van der Waals surface area (Å²) in [6.07, 6.45) is 2.46. The number of hydrogen-bond acceptors (Lipinski definition) is 3. The Labute approximate surface area is 201 Å². The second-order valence-corrected chi connectivity index (χ2v) is 8.38. The van der Waals surface area contributed by atoms with Crippen molar-refractivity contribution in [1.82, 2.24) is 9.88 Å². The molecule has 2 heterocycles. The molecular weight excluding hydrogens is 453 g/mol. The lowest BCUT2D eigenvalue weighted by molar-refractivity contribution is 0.193. The molecule has 1 atom stereocenters. The number of carbonyl (C=O) groups excluding carboxylic acids is 1. The molecule has 0 radical (unpaired) electrons. The van der Waals surface area contributed by atoms with E-state index in [0.717, 1.165) is 16.8 Å². The number of pyridine rings is 1. The fourth-order valence-corrected chi connectivity index (χ4v) is 4.22. The van der Waals surface area contributed by atoms with Crippen LogP contribution in [0.2, 0.25) is 5.02 Å². The van der Waals surface area contributed by atoms with Gasteiger partial charge in [0.05, 0.1) is 6.04 Å². The van der Waals surface area contributed by atoms with Crippen LogP contribution in [0.1, 0.15) is 22.9 Å². The third kappa shape index (κ3) is 4.72. The maximum atomic E-state index is 13.3.